The van der Waals surface area contributed by atoms with Gasteiger partial charge in [-0.05, 0) is 0 Å². The molecule has 0 spiro atoms. The SMILES string of the molecule is O=C(O)/C=C\C(=O)O.[Sm]. The Kier molecular flexibility index (Phi) is 8.03. The van der Waals surface area contributed by atoms with Crippen LogP contribution in [-0.4, -0.2) is 22.2 Å². The van der Waals surface area contributed by atoms with Crippen LogP contribution in [0.4, 0.5) is 0 Å². The van der Waals surface area contributed by atoms with Crippen molar-refractivity contribution in [2.45, 2.75) is 0 Å². The van der Waals surface area contributed by atoms with Crippen molar-refractivity contribution in [1.82, 2.24) is 0 Å². The molecule has 4 nitrogen and oxygen atoms in total. The molecule has 0 saturated heterocycles. The van der Waals surface area contributed by atoms with Crippen molar-refractivity contribution in [2.75, 3.05) is 0 Å². The molecule has 0 amide bonds. The van der Waals surface area contributed by atoms with Gasteiger partial charge in [0.1, 0.15) is 0 Å². The maximum Gasteiger partial charge on any atom is 0.328 e. The average molecular weight is 266 g/mol. The second kappa shape index (κ2) is 6.14. The number of carboxylic acids is 2. The third kappa shape index (κ3) is 11.5. The van der Waals surface area contributed by atoms with Crippen LogP contribution >= 0.6 is 0 Å². The van der Waals surface area contributed by atoms with Gasteiger partial charge in [0.25, 0.3) is 0 Å². The molecule has 0 aromatic carbocycles. The molecule has 0 unspecified atom stereocenters. The Hall–Kier alpha value is 0.0177. The normalized spacial score (nSPS) is 8.44. The minimum atomic E-state index is -1.26. The van der Waals surface area contributed by atoms with Crippen molar-refractivity contribution < 1.29 is 60.2 Å². The Morgan fingerprint density at radius 3 is 1.33 bits per heavy atom. The summed E-state index contributed by atoms with van der Waals surface area (Å²) in [7, 11) is 0. The second-order valence-electron chi connectivity index (χ2n) is 1.01. The standard InChI is InChI=1S/C4H4O4.Sm/c5-3(6)1-2-4(7)8;/h1-2H,(H,5,6)(H,7,8);/b2-1-;. The summed E-state index contributed by atoms with van der Waals surface area (Å²) in [5.74, 6) is -2.51. The Balaban J connectivity index is 0. The first-order valence-corrected chi connectivity index (χ1v) is 1.77. The average Bonchev–Trinajstić information content (AvgIpc) is 1.61. The van der Waals surface area contributed by atoms with Gasteiger partial charge in [-0.25, -0.2) is 9.59 Å². The van der Waals surface area contributed by atoms with Gasteiger partial charge in [0.2, 0.25) is 0 Å². The van der Waals surface area contributed by atoms with Crippen LogP contribution in [0.5, 0.6) is 0 Å². The summed E-state index contributed by atoms with van der Waals surface area (Å²) in [5, 5.41) is 15.6. The fourth-order valence-corrected chi connectivity index (χ4v) is 0.143. The molecule has 0 radical (unpaired) electrons. The number of carbonyl (C=O) groups is 2. The first kappa shape index (κ1) is 11.8. The van der Waals surface area contributed by atoms with Crippen molar-refractivity contribution in [3.05, 3.63) is 12.2 Å². The van der Waals surface area contributed by atoms with E-state index in [-0.39, 0.29) is 40.4 Å². The van der Waals surface area contributed by atoms with Crippen molar-refractivity contribution in [3.8, 4) is 0 Å². The van der Waals surface area contributed by atoms with E-state index in [0.717, 1.165) is 0 Å². The van der Waals surface area contributed by atoms with Gasteiger partial charge in [0.15, 0.2) is 0 Å². The van der Waals surface area contributed by atoms with Crippen LogP contribution in [0.3, 0.4) is 0 Å². The molecule has 0 fully saturated rings. The van der Waals surface area contributed by atoms with Crippen LogP contribution in [-0.2, 0) is 9.59 Å². The summed E-state index contributed by atoms with van der Waals surface area (Å²) in [5.41, 5.74) is 0. The first-order chi connectivity index (χ1) is 3.63. The summed E-state index contributed by atoms with van der Waals surface area (Å²) in [4.78, 5) is 19.1. The van der Waals surface area contributed by atoms with Crippen LogP contribution in [0, 0.1) is 40.4 Å². The predicted molar refractivity (Wildman–Crippen MR) is 24.4 cm³/mol. The Morgan fingerprint density at radius 2 is 1.22 bits per heavy atom. The molecule has 50 valence electrons. The molecule has 0 aromatic heterocycles. The molecule has 0 rings (SSSR count). The largest absolute Gasteiger partial charge is 0.478 e. The van der Waals surface area contributed by atoms with Gasteiger partial charge in [-0.1, -0.05) is 0 Å². The van der Waals surface area contributed by atoms with E-state index in [1.165, 1.54) is 0 Å². The molecule has 5 heteroatoms. The number of hydrogen-bond donors (Lipinski definition) is 2. The third-order valence-corrected chi connectivity index (χ3v) is 0.368. The van der Waals surface area contributed by atoms with Gasteiger partial charge in [-0.2, -0.15) is 0 Å². The van der Waals surface area contributed by atoms with Crippen LogP contribution in [0.2, 0.25) is 0 Å². The molecular weight excluding hydrogens is 262 g/mol. The van der Waals surface area contributed by atoms with E-state index in [4.69, 9.17) is 10.2 Å². The van der Waals surface area contributed by atoms with Gasteiger partial charge < -0.3 is 10.2 Å². The van der Waals surface area contributed by atoms with Gasteiger partial charge in [0.05, 0.1) is 0 Å². The van der Waals surface area contributed by atoms with Crippen LogP contribution in [0.1, 0.15) is 0 Å². The third-order valence-electron chi connectivity index (χ3n) is 0.368. The van der Waals surface area contributed by atoms with Gasteiger partial charge in [0, 0.05) is 52.5 Å². The topological polar surface area (TPSA) is 74.6 Å². The monoisotopic (exact) mass is 268 g/mol. The van der Waals surface area contributed by atoms with E-state index < -0.39 is 11.9 Å². The summed E-state index contributed by atoms with van der Waals surface area (Å²) >= 11 is 0. The fraction of sp³-hybridized carbons (Fsp3) is 0. The molecule has 0 aliphatic carbocycles. The molecule has 9 heavy (non-hydrogen) atoms. The van der Waals surface area contributed by atoms with Gasteiger partial charge in [-0.3, -0.25) is 0 Å². The van der Waals surface area contributed by atoms with Crippen molar-refractivity contribution >= 4 is 11.9 Å². The fourth-order valence-electron chi connectivity index (χ4n) is 0.143. The van der Waals surface area contributed by atoms with Crippen LogP contribution in [0.25, 0.3) is 0 Å². The molecule has 0 bridgehead atoms. The Bertz CT molecular complexity index is 124. The van der Waals surface area contributed by atoms with Gasteiger partial charge in [-0.15, -0.1) is 0 Å². The minimum Gasteiger partial charge on any atom is -0.478 e. The maximum absolute atomic E-state index is 9.55. The van der Waals surface area contributed by atoms with Crippen molar-refractivity contribution in [2.24, 2.45) is 0 Å². The molecule has 0 atom stereocenters. The second-order valence-corrected chi connectivity index (χ2v) is 1.01. The zero-order valence-corrected chi connectivity index (χ0v) is 6.89. The molecular formula is C4H4O4Sm. The van der Waals surface area contributed by atoms with Crippen molar-refractivity contribution in [3.63, 3.8) is 0 Å². The number of hydrogen-bond acceptors (Lipinski definition) is 2. The zero-order chi connectivity index (χ0) is 6.57. The maximum atomic E-state index is 9.55. The van der Waals surface area contributed by atoms with Crippen LogP contribution < -0.4 is 0 Å². The minimum absolute atomic E-state index is 0. The van der Waals surface area contributed by atoms with Crippen molar-refractivity contribution in [1.29, 1.82) is 0 Å². The smallest absolute Gasteiger partial charge is 0.328 e. The summed E-state index contributed by atoms with van der Waals surface area (Å²) in [6, 6.07) is 0. The summed E-state index contributed by atoms with van der Waals surface area (Å²) < 4.78 is 0. The molecule has 0 aromatic rings. The van der Waals surface area contributed by atoms with E-state index >= 15 is 0 Å². The Labute approximate surface area is 83.7 Å². The molecule has 0 heterocycles. The van der Waals surface area contributed by atoms with E-state index in [9.17, 15) is 9.59 Å². The van der Waals surface area contributed by atoms with E-state index in [2.05, 4.69) is 0 Å². The number of carboxylic acid groups (broad SMARTS) is 2. The molecule has 2 N–H and O–H groups in total. The van der Waals surface area contributed by atoms with E-state index in [1.807, 2.05) is 0 Å². The van der Waals surface area contributed by atoms with Crippen LogP contribution in [0.15, 0.2) is 12.2 Å². The molecule has 0 aliphatic rings. The van der Waals surface area contributed by atoms with E-state index in [1.54, 1.807) is 0 Å². The number of aliphatic carboxylic acids is 2. The molecule has 0 aliphatic heterocycles. The number of rotatable bonds is 2. The van der Waals surface area contributed by atoms with Gasteiger partial charge >= 0.3 is 11.9 Å². The quantitative estimate of drug-likeness (QED) is 0.674. The zero-order valence-electron chi connectivity index (χ0n) is 4.27. The van der Waals surface area contributed by atoms with E-state index in [0.29, 0.717) is 12.2 Å². The molecule has 0 saturated carbocycles. The predicted octanol–water partition coefficient (Wildman–Crippen LogP) is -0.288. The summed E-state index contributed by atoms with van der Waals surface area (Å²) in [6.45, 7) is 0. The Morgan fingerprint density at radius 1 is 1.00 bits per heavy atom. The summed E-state index contributed by atoms with van der Waals surface area (Å²) in [6.07, 6.45) is 1.12. The first-order valence-electron chi connectivity index (χ1n) is 1.77.